The number of esters is 1. The van der Waals surface area contributed by atoms with E-state index in [0.717, 1.165) is 16.7 Å². The van der Waals surface area contributed by atoms with Crippen LogP contribution in [-0.2, 0) is 41.6 Å². The van der Waals surface area contributed by atoms with Gasteiger partial charge in [0, 0.05) is 19.5 Å². The molecule has 3 amide bonds. The Morgan fingerprint density at radius 2 is 1.69 bits per heavy atom. The Labute approximate surface area is 262 Å². The molecule has 0 saturated carbocycles. The second-order valence-electron chi connectivity index (χ2n) is 12.5. The maximum absolute atomic E-state index is 13.5. The van der Waals surface area contributed by atoms with Crippen molar-refractivity contribution in [2.75, 3.05) is 11.9 Å². The Kier molecular flexibility index (Phi) is 10.3. The molecule has 3 N–H and O–H groups in total. The molecular formula is C33H41N5O7. The number of hydrogen-bond acceptors (Lipinski definition) is 8. The zero-order chi connectivity index (χ0) is 32.8. The summed E-state index contributed by atoms with van der Waals surface area (Å²) in [7, 11) is 0. The first-order valence-electron chi connectivity index (χ1n) is 14.7. The summed E-state index contributed by atoms with van der Waals surface area (Å²) in [5.41, 5.74) is 0.788. The summed E-state index contributed by atoms with van der Waals surface area (Å²) in [6, 6.07) is 15.8. The molecule has 3 atom stereocenters. The van der Waals surface area contributed by atoms with Crippen molar-refractivity contribution in [1.29, 1.82) is 0 Å². The van der Waals surface area contributed by atoms with Crippen LogP contribution in [0.15, 0.2) is 67.1 Å². The third kappa shape index (κ3) is 9.15. The van der Waals surface area contributed by atoms with Gasteiger partial charge in [0.25, 0.3) is 5.91 Å². The standard InChI is InChI=1S/C33H41N5O7/c1-21(39)44-26-16-23-14-10-11-15-24(23)28(26)38-17-27(34-20-38)36-29(40)25(19-43-18-22-12-8-7-9-13-22)35-30(41)33(5,6)37-31(42)45-32(2,3)4/h7-15,17,20,25-26,28H,16,18-19H2,1-6H3,(H,35,41)(H,36,40)(H,37,42)/t25-,26+,28-/m1/s1. The number of imidazole rings is 1. The number of fused-ring (bicyclic) bond motifs is 1. The molecule has 12 heteroatoms. The molecule has 3 aromatic rings. The number of amides is 3. The van der Waals surface area contributed by atoms with Crippen molar-refractivity contribution < 1.29 is 33.4 Å². The average molecular weight is 620 g/mol. The minimum Gasteiger partial charge on any atom is -0.460 e. The van der Waals surface area contributed by atoms with Gasteiger partial charge in [0.2, 0.25) is 5.91 Å². The van der Waals surface area contributed by atoms with Gasteiger partial charge in [-0.3, -0.25) is 14.4 Å². The number of nitrogens with one attached hydrogen (secondary N) is 3. The number of carbonyl (C=O) groups excluding carboxylic acids is 4. The third-order valence-corrected chi connectivity index (χ3v) is 7.04. The van der Waals surface area contributed by atoms with Crippen LogP contribution in [0.2, 0.25) is 0 Å². The van der Waals surface area contributed by atoms with E-state index in [0.29, 0.717) is 6.42 Å². The minimum absolute atomic E-state index is 0.153. The molecule has 2 aromatic carbocycles. The van der Waals surface area contributed by atoms with Gasteiger partial charge >= 0.3 is 12.1 Å². The van der Waals surface area contributed by atoms with E-state index in [1.165, 1.54) is 20.8 Å². The molecule has 1 aliphatic rings. The molecule has 240 valence electrons. The lowest BCUT2D eigenvalue weighted by Crippen LogP contribution is -2.59. The molecule has 0 spiro atoms. The highest BCUT2D eigenvalue weighted by Gasteiger charge is 2.37. The highest BCUT2D eigenvalue weighted by atomic mass is 16.6. The fourth-order valence-electron chi connectivity index (χ4n) is 4.98. The second kappa shape index (κ2) is 13.9. The van der Waals surface area contributed by atoms with Gasteiger partial charge in [-0.2, -0.15) is 0 Å². The summed E-state index contributed by atoms with van der Waals surface area (Å²) in [5.74, 6) is -1.34. The zero-order valence-corrected chi connectivity index (χ0v) is 26.5. The number of hydrogen-bond donors (Lipinski definition) is 3. The van der Waals surface area contributed by atoms with Crippen LogP contribution in [0.3, 0.4) is 0 Å². The van der Waals surface area contributed by atoms with E-state index < -0.39 is 41.2 Å². The average Bonchev–Trinajstić information content (AvgIpc) is 3.54. The second-order valence-corrected chi connectivity index (χ2v) is 12.5. The Morgan fingerprint density at radius 3 is 2.38 bits per heavy atom. The largest absolute Gasteiger partial charge is 0.460 e. The Morgan fingerprint density at radius 1 is 1.00 bits per heavy atom. The maximum atomic E-state index is 13.5. The van der Waals surface area contributed by atoms with Crippen LogP contribution in [0.5, 0.6) is 0 Å². The molecular weight excluding hydrogens is 578 g/mol. The SMILES string of the molecule is CC(=O)O[C@H]1Cc2ccccc2[C@H]1n1cnc(NC(=O)[C@@H](COCc2ccccc2)NC(=O)C(C)(C)NC(=O)OC(C)(C)C)c1. The van der Waals surface area contributed by atoms with Crippen LogP contribution in [0.1, 0.15) is 64.3 Å². The van der Waals surface area contributed by atoms with Gasteiger partial charge in [0.15, 0.2) is 5.82 Å². The number of aromatic nitrogens is 2. The van der Waals surface area contributed by atoms with Gasteiger partial charge in [-0.15, -0.1) is 0 Å². The predicted octanol–water partition coefficient (Wildman–Crippen LogP) is 3.90. The van der Waals surface area contributed by atoms with Crippen molar-refractivity contribution >= 4 is 29.7 Å². The first kappa shape index (κ1) is 33.2. The van der Waals surface area contributed by atoms with Crippen molar-refractivity contribution in [3.8, 4) is 0 Å². The molecule has 4 rings (SSSR count). The van der Waals surface area contributed by atoms with E-state index in [1.54, 1.807) is 37.9 Å². The fraction of sp³-hybridized carbons (Fsp3) is 0.424. The molecule has 45 heavy (non-hydrogen) atoms. The predicted molar refractivity (Wildman–Crippen MR) is 166 cm³/mol. The first-order chi connectivity index (χ1) is 21.2. The van der Waals surface area contributed by atoms with Crippen LogP contribution < -0.4 is 16.0 Å². The normalized spacial score (nSPS) is 16.7. The van der Waals surface area contributed by atoms with Crippen molar-refractivity contribution in [1.82, 2.24) is 20.2 Å². The van der Waals surface area contributed by atoms with E-state index in [2.05, 4.69) is 20.9 Å². The summed E-state index contributed by atoms with van der Waals surface area (Å²) >= 11 is 0. The van der Waals surface area contributed by atoms with Crippen molar-refractivity contribution in [2.24, 2.45) is 0 Å². The fourth-order valence-corrected chi connectivity index (χ4v) is 4.98. The summed E-state index contributed by atoms with van der Waals surface area (Å²) in [6.07, 6.45) is 2.57. The topological polar surface area (TPSA) is 150 Å². The van der Waals surface area contributed by atoms with Crippen molar-refractivity contribution in [2.45, 2.75) is 83.9 Å². The molecule has 0 bridgehead atoms. The number of ether oxygens (including phenoxy) is 3. The number of nitrogens with zero attached hydrogens (tertiary/aromatic N) is 2. The number of benzene rings is 2. The van der Waals surface area contributed by atoms with Gasteiger partial charge in [-0.25, -0.2) is 9.78 Å². The van der Waals surface area contributed by atoms with Crippen LogP contribution in [0.4, 0.5) is 10.6 Å². The molecule has 0 unspecified atom stereocenters. The van der Waals surface area contributed by atoms with Gasteiger partial charge in [0.1, 0.15) is 23.3 Å². The zero-order valence-electron chi connectivity index (χ0n) is 26.5. The van der Waals surface area contributed by atoms with Gasteiger partial charge in [-0.05, 0) is 51.3 Å². The Hall–Kier alpha value is -4.71. The molecule has 0 saturated heterocycles. The Balaban J connectivity index is 1.49. The lowest BCUT2D eigenvalue weighted by atomic mass is 10.0. The summed E-state index contributed by atoms with van der Waals surface area (Å²) < 4.78 is 18.5. The smallest absolute Gasteiger partial charge is 0.408 e. The van der Waals surface area contributed by atoms with E-state index in [9.17, 15) is 19.2 Å². The highest BCUT2D eigenvalue weighted by Crippen LogP contribution is 2.36. The number of carbonyl (C=O) groups is 4. The molecule has 12 nitrogen and oxygen atoms in total. The van der Waals surface area contributed by atoms with Crippen molar-refractivity contribution in [3.63, 3.8) is 0 Å². The van der Waals surface area contributed by atoms with Crippen LogP contribution >= 0.6 is 0 Å². The lowest BCUT2D eigenvalue weighted by Gasteiger charge is -2.29. The number of anilines is 1. The summed E-state index contributed by atoms with van der Waals surface area (Å²) in [6.45, 7) is 9.60. The van der Waals surface area contributed by atoms with E-state index >= 15 is 0 Å². The first-order valence-corrected chi connectivity index (χ1v) is 14.7. The van der Waals surface area contributed by atoms with Crippen LogP contribution in [0.25, 0.3) is 0 Å². The van der Waals surface area contributed by atoms with Crippen molar-refractivity contribution in [3.05, 3.63) is 83.8 Å². The van der Waals surface area contributed by atoms with E-state index in [4.69, 9.17) is 14.2 Å². The Bertz CT molecular complexity index is 1510. The summed E-state index contributed by atoms with van der Waals surface area (Å²) in [4.78, 5) is 55.4. The van der Waals surface area contributed by atoms with E-state index in [1.807, 2.05) is 54.6 Å². The molecule has 1 aliphatic carbocycles. The lowest BCUT2D eigenvalue weighted by molar-refractivity contribution is -0.147. The van der Waals surface area contributed by atoms with Gasteiger partial charge in [-0.1, -0.05) is 54.6 Å². The van der Waals surface area contributed by atoms with Crippen LogP contribution in [-0.4, -0.2) is 63.3 Å². The van der Waals surface area contributed by atoms with E-state index in [-0.39, 0.29) is 31.0 Å². The highest BCUT2D eigenvalue weighted by molar-refractivity contribution is 5.98. The molecule has 0 aliphatic heterocycles. The minimum atomic E-state index is -1.41. The number of alkyl carbamates (subject to hydrolysis) is 1. The summed E-state index contributed by atoms with van der Waals surface area (Å²) in [5, 5.41) is 8.01. The van der Waals surface area contributed by atoms with Crippen LogP contribution in [0, 0.1) is 0 Å². The monoisotopic (exact) mass is 619 g/mol. The third-order valence-electron chi connectivity index (χ3n) is 7.04. The molecule has 0 fully saturated rings. The quantitative estimate of drug-likeness (QED) is 0.274. The molecule has 1 heterocycles. The van der Waals surface area contributed by atoms with Gasteiger partial charge < -0.3 is 34.7 Å². The molecule has 1 aromatic heterocycles. The number of rotatable bonds is 11. The maximum Gasteiger partial charge on any atom is 0.408 e. The molecule has 0 radical (unpaired) electrons. The van der Waals surface area contributed by atoms with Gasteiger partial charge in [0.05, 0.1) is 25.6 Å².